The van der Waals surface area contributed by atoms with E-state index in [0.29, 0.717) is 12.3 Å². The highest BCUT2D eigenvalue weighted by Gasteiger charge is 2.29. The number of aliphatic imine (C=N–C) groups is 1. The van der Waals surface area contributed by atoms with Crippen LogP contribution in [0.5, 0.6) is 0 Å². The Morgan fingerprint density at radius 2 is 1.90 bits per heavy atom. The van der Waals surface area contributed by atoms with E-state index < -0.39 is 0 Å². The van der Waals surface area contributed by atoms with Gasteiger partial charge in [0.05, 0.1) is 0 Å². The molecular weight excluding hydrogens is 362 g/mol. The number of rotatable bonds is 10. The fraction of sp³-hybridized carbons (Fsp3) is 0.652. The number of nitrogens with one attached hydrogen (secondary N) is 2. The van der Waals surface area contributed by atoms with E-state index in [1.807, 2.05) is 18.0 Å². The highest BCUT2D eigenvalue weighted by atomic mass is 16.2. The molecule has 6 nitrogen and oxygen atoms in total. The maximum Gasteiger partial charge on any atom is 0.223 e. The van der Waals surface area contributed by atoms with Crippen LogP contribution < -0.4 is 10.6 Å². The van der Waals surface area contributed by atoms with Gasteiger partial charge < -0.3 is 20.4 Å². The van der Waals surface area contributed by atoms with E-state index in [9.17, 15) is 4.79 Å². The molecule has 1 aromatic carbocycles. The van der Waals surface area contributed by atoms with Crippen LogP contribution in [0.15, 0.2) is 35.3 Å². The van der Waals surface area contributed by atoms with Crippen molar-refractivity contribution in [3.8, 4) is 0 Å². The minimum absolute atomic E-state index is 0.276. The van der Waals surface area contributed by atoms with E-state index in [4.69, 9.17) is 0 Å². The van der Waals surface area contributed by atoms with Crippen LogP contribution in [0.25, 0.3) is 0 Å². The molecule has 0 radical (unpaired) electrons. The average molecular weight is 400 g/mol. The third kappa shape index (κ3) is 7.35. The van der Waals surface area contributed by atoms with Gasteiger partial charge in [-0.2, -0.15) is 0 Å². The first-order chi connectivity index (χ1) is 14.2. The van der Waals surface area contributed by atoms with Gasteiger partial charge in [-0.05, 0) is 57.3 Å². The maximum absolute atomic E-state index is 12.3. The van der Waals surface area contributed by atoms with Crippen LogP contribution in [0.2, 0.25) is 0 Å². The van der Waals surface area contributed by atoms with Crippen molar-refractivity contribution in [3.05, 3.63) is 35.9 Å². The lowest BCUT2D eigenvalue weighted by Crippen LogP contribution is -2.40. The molecule has 1 atom stereocenters. The zero-order chi connectivity index (χ0) is 20.3. The average Bonchev–Trinajstić information content (AvgIpc) is 3.39. The lowest BCUT2D eigenvalue weighted by molar-refractivity contribution is -0.127. The van der Waals surface area contributed by atoms with E-state index in [1.54, 1.807) is 0 Å². The zero-order valence-corrected chi connectivity index (χ0v) is 17.9. The number of amides is 1. The van der Waals surface area contributed by atoms with Gasteiger partial charge in [0.2, 0.25) is 5.91 Å². The van der Waals surface area contributed by atoms with Gasteiger partial charge in [-0.3, -0.25) is 9.79 Å². The first-order valence-corrected chi connectivity index (χ1v) is 11.2. The zero-order valence-electron chi connectivity index (χ0n) is 17.9. The van der Waals surface area contributed by atoms with Crippen molar-refractivity contribution >= 4 is 11.9 Å². The van der Waals surface area contributed by atoms with Crippen LogP contribution in [0, 0.1) is 5.92 Å². The standard InChI is InChI=1S/C23H37N5O/c1-24-23(25-12-5-6-13-27-14-7-8-15-27)26-18-21-17-22(29)28(19-21)16-11-20-9-3-2-4-10-20/h2-4,9-10,21H,5-8,11-19H2,1H3,(H2,24,25,26). The van der Waals surface area contributed by atoms with Crippen molar-refractivity contribution < 1.29 is 4.79 Å². The van der Waals surface area contributed by atoms with Crippen molar-refractivity contribution in [2.24, 2.45) is 10.9 Å². The molecule has 0 saturated carbocycles. The molecule has 6 heteroatoms. The minimum atomic E-state index is 0.276. The first kappa shape index (κ1) is 21.6. The van der Waals surface area contributed by atoms with E-state index in [-0.39, 0.29) is 5.91 Å². The van der Waals surface area contributed by atoms with Crippen LogP contribution >= 0.6 is 0 Å². The predicted molar refractivity (Wildman–Crippen MR) is 119 cm³/mol. The molecule has 2 heterocycles. The molecule has 2 N–H and O–H groups in total. The van der Waals surface area contributed by atoms with Crippen LogP contribution in [0.4, 0.5) is 0 Å². The monoisotopic (exact) mass is 399 g/mol. The molecule has 1 unspecified atom stereocenters. The Kier molecular flexibility index (Phi) is 8.81. The topological polar surface area (TPSA) is 60.0 Å². The second-order valence-electron chi connectivity index (χ2n) is 8.28. The third-order valence-corrected chi connectivity index (χ3v) is 5.98. The van der Waals surface area contributed by atoms with Crippen LogP contribution in [0.3, 0.4) is 0 Å². The molecular formula is C23H37N5O. The Balaban J connectivity index is 1.28. The largest absolute Gasteiger partial charge is 0.356 e. The van der Waals surface area contributed by atoms with Crippen LogP contribution in [-0.4, -0.2) is 74.5 Å². The molecule has 160 valence electrons. The molecule has 3 rings (SSSR count). The number of guanidine groups is 1. The van der Waals surface area contributed by atoms with Gasteiger partial charge >= 0.3 is 0 Å². The summed E-state index contributed by atoms with van der Waals surface area (Å²) in [6.45, 7) is 7.16. The van der Waals surface area contributed by atoms with Crippen molar-refractivity contribution in [2.75, 3.05) is 52.9 Å². The van der Waals surface area contributed by atoms with Crippen molar-refractivity contribution in [1.29, 1.82) is 0 Å². The molecule has 0 aromatic heterocycles. The van der Waals surface area contributed by atoms with Crippen molar-refractivity contribution in [1.82, 2.24) is 20.4 Å². The summed E-state index contributed by atoms with van der Waals surface area (Å²) in [7, 11) is 1.81. The van der Waals surface area contributed by atoms with Gasteiger partial charge in [-0.25, -0.2) is 0 Å². The summed E-state index contributed by atoms with van der Waals surface area (Å²) in [5.41, 5.74) is 1.29. The van der Waals surface area contributed by atoms with Gasteiger partial charge in [-0.1, -0.05) is 30.3 Å². The molecule has 1 aromatic rings. The molecule has 2 saturated heterocycles. The summed E-state index contributed by atoms with van der Waals surface area (Å²) in [4.78, 5) is 21.2. The number of nitrogens with zero attached hydrogens (tertiary/aromatic N) is 3. The first-order valence-electron chi connectivity index (χ1n) is 11.2. The number of carbonyl (C=O) groups excluding carboxylic acids is 1. The normalized spacial score (nSPS) is 20.4. The van der Waals surface area contributed by atoms with Crippen molar-refractivity contribution in [2.45, 2.75) is 38.5 Å². The fourth-order valence-corrected chi connectivity index (χ4v) is 4.25. The molecule has 0 aliphatic carbocycles. The maximum atomic E-state index is 12.3. The third-order valence-electron chi connectivity index (χ3n) is 5.98. The lowest BCUT2D eigenvalue weighted by atomic mass is 10.1. The van der Waals surface area contributed by atoms with E-state index in [1.165, 1.54) is 44.5 Å². The van der Waals surface area contributed by atoms with Crippen LogP contribution in [-0.2, 0) is 11.2 Å². The second kappa shape index (κ2) is 11.8. The Bertz CT molecular complexity index is 642. The number of unbranched alkanes of at least 4 members (excludes halogenated alkanes) is 1. The summed E-state index contributed by atoms with van der Waals surface area (Å²) in [6, 6.07) is 10.4. The van der Waals surface area contributed by atoms with Gasteiger partial charge in [0, 0.05) is 45.6 Å². The number of hydrogen-bond acceptors (Lipinski definition) is 3. The summed E-state index contributed by atoms with van der Waals surface area (Å²) >= 11 is 0. The predicted octanol–water partition coefficient (Wildman–Crippen LogP) is 2.12. The van der Waals surface area contributed by atoms with Crippen LogP contribution in [0.1, 0.15) is 37.7 Å². The molecule has 2 aliphatic rings. The number of benzene rings is 1. The summed E-state index contributed by atoms with van der Waals surface area (Å²) in [6.07, 6.45) is 6.68. The minimum Gasteiger partial charge on any atom is -0.356 e. The smallest absolute Gasteiger partial charge is 0.223 e. The Hall–Kier alpha value is -2.08. The lowest BCUT2D eigenvalue weighted by Gasteiger charge is -2.18. The highest BCUT2D eigenvalue weighted by Crippen LogP contribution is 2.17. The number of likely N-dealkylation sites (tertiary alicyclic amines) is 2. The summed E-state index contributed by atoms with van der Waals surface area (Å²) < 4.78 is 0. The number of carbonyl (C=O) groups is 1. The van der Waals surface area contributed by atoms with E-state index >= 15 is 0 Å². The molecule has 2 aliphatic heterocycles. The van der Waals surface area contributed by atoms with Gasteiger partial charge in [-0.15, -0.1) is 0 Å². The van der Waals surface area contributed by atoms with E-state index in [0.717, 1.165) is 45.0 Å². The SMILES string of the molecule is CN=C(NCCCCN1CCCC1)NCC1CC(=O)N(CCc2ccccc2)C1. The molecule has 0 spiro atoms. The van der Waals surface area contributed by atoms with E-state index in [2.05, 4.69) is 44.8 Å². The van der Waals surface area contributed by atoms with Gasteiger partial charge in [0.15, 0.2) is 5.96 Å². The number of hydrogen-bond donors (Lipinski definition) is 2. The van der Waals surface area contributed by atoms with Gasteiger partial charge in [0.25, 0.3) is 0 Å². The molecule has 2 fully saturated rings. The summed E-state index contributed by atoms with van der Waals surface area (Å²) in [5.74, 6) is 1.48. The molecule has 1 amide bonds. The Morgan fingerprint density at radius 3 is 2.66 bits per heavy atom. The Labute approximate surface area is 175 Å². The van der Waals surface area contributed by atoms with Crippen molar-refractivity contribution in [3.63, 3.8) is 0 Å². The Morgan fingerprint density at radius 1 is 1.10 bits per heavy atom. The summed E-state index contributed by atoms with van der Waals surface area (Å²) in [5, 5.41) is 6.82. The second-order valence-corrected chi connectivity index (χ2v) is 8.28. The highest BCUT2D eigenvalue weighted by molar-refractivity contribution is 5.80. The fourth-order valence-electron chi connectivity index (χ4n) is 4.25. The molecule has 0 bridgehead atoms. The molecule has 29 heavy (non-hydrogen) atoms. The van der Waals surface area contributed by atoms with Gasteiger partial charge in [0.1, 0.15) is 0 Å². The quantitative estimate of drug-likeness (QED) is 0.359.